The molecule has 22 rings (SSSR count). The Labute approximate surface area is 617 Å². The zero-order chi connectivity index (χ0) is 69.7. The fraction of sp³-hybridized carbons (Fsp3) is 0.314. The quantitative estimate of drug-likeness (QED) is 0.135. The average Bonchev–Trinajstić information content (AvgIpc) is 1.47. The summed E-state index contributed by atoms with van der Waals surface area (Å²) < 4.78 is 0. The maximum atomic E-state index is 2.75. The molecule has 4 unspecified atom stereocenters. The van der Waals surface area contributed by atoms with E-state index < -0.39 is 0 Å². The Balaban J connectivity index is 0.669. The van der Waals surface area contributed by atoms with Gasteiger partial charge in [-0.1, -0.05) is 247 Å². The van der Waals surface area contributed by atoms with Gasteiger partial charge in [0, 0.05) is 55.5 Å². The Morgan fingerprint density at radius 1 is 0.394 bits per heavy atom. The molecule has 0 heterocycles. The zero-order valence-corrected chi connectivity index (χ0v) is 61.9. The lowest BCUT2D eigenvalue weighted by molar-refractivity contribution is -0.0399. The number of benzene rings is 11. The number of hydrogen-bond donors (Lipinski definition) is 0. The first-order chi connectivity index (χ1) is 50.7. The van der Waals surface area contributed by atoms with Crippen molar-refractivity contribution in [3.8, 4) is 55.6 Å². The molecule has 2 heteroatoms. The third-order valence-electron chi connectivity index (χ3n) is 29.2. The number of rotatable bonds is 10. The Bertz CT molecular complexity index is 5410. The van der Waals surface area contributed by atoms with Gasteiger partial charge in [0.05, 0.1) is 11.4 Å². The van der Waals surface area contributed by atoms with Crippen LogP contribution in [0, 0.1) is 55.3 Å². The van der Waals surface area contributed by atoms with E-state index in [2.05, 4.69) is 307 Å². The Morgan fingerprint density at radius 2 is 0.942 bits per heavy atom. The van der Waals surface area contributed by atoms with Crippen LogP contribution in [0.15, 0.2) is 254 Å². The van der Waals surface area contributed by atoms with Crippen molar-refractivity contribution in [1.82, 2.24) is 0 Å². The van der Waals surface area contributed by atoms with Crippen LogP contribution in [0.5, 0.6) is 0 Å². The molecule has 5 atom stereocenters. The van der Waals surface area contributed by atoms with Gasteiger partial charge in [-0.3, -0.25) is 0 Å². The van der Waals surface area contributed by atoms with Gasteiger partial charge in [0.2, 0.25) is 0 Å². The highest BCUT2D eigenvalue weighted by molar-refractivity contribution is 5.96. The van der Waals surface area contributed by atoms with Crippen LogP contribution in [0.25, 0.3) is 61.2 Å². The summed E-state index contributed by atoms with van der Waals surface area (Å²) in [6.07, 6.45) is 21.5. The van der Waals surface area contributed by atoms with E-state index in [0.29, 0.717) is 35.5 Å². The summed E-state index contributed by atoms with van der Waals surface area (Å²) >= 11 is 0. The Hall–Kier alpha value is -9.50. The molecular formula is C102H96N2. The SMILES string of the molecule is Cc1ccc(-c2cccc(C)c2N(c2ccc3c(c2)C(C)(C)C2=C3C(C)CC=C2)c2ccc3c(c2)C2(CC[C@@H](C4CCCC(c5ccc(-c6ccccc6)c(N(c6ccc7c(c6)C(C)(C)c6ccccc6-7)c6ccc7c(c6)C6(c8ccccc8-7)C7CC8CC(C7)CC6C8)c5)C4)C2)c2ccccc2-3)cc1. The summed E-state index contributed by atoms with van der Waals surface area (Å²) in [5.41, 5.74) is 40.0. The zero-order valence-electron chi connectivity index (χ0n) is 61.9. The number of para-hydroxylation sites is 1. The van der Waals surface area contributed by atoms with Gasteiger partial charge >= 0.3 is 0 Å². The van der Waals surface area contributed by atoms with Crippen molar-refractivity contribution >= 4 is 39.7 Å². The normalized spacial score (nSPS) is 26.1. The highest BCUT2D eigenvalue weighted by Crippen LogP contribution is 2.71. The van der Waals surface area contributed by atoms with Crippen LogP contribution >= 0.6 is 0 Å². The molecule has 4 bridgehead atoms. The van der Waals surface area contributed by atoms with E-state index in [0.717, 1.165) is 18.3 Å². The fourth-order valence-corrected chi connectivity index (χ4v) is 24.6. The van der Waals surface area contributed by atoms with Crippen molar-refractivity contribution in [2.45, 2.75) is 160 Å². The highest BCUT2D eigenvalue weighted by atomic mass is 15.2. The van der Waals surface area contributed by atoms with Crippen LogP contribution in [0.1, 0.15) is 185 Å². The predicted octanol–water partition coefficient (Wildman–Crippen LogP) is 27.3. The molecule has 6 saturated carbocycles. The molecule has 11 aliphatic rings. The van der Waals surface area contributed by atoms with Crippen LogP contribution < -0.4 is 9.80 Å². The van der Waals surface area contributed by atoms with Crippen LogP contribution in [-0.2, 0) is 21.7 Å². The minimum absolute atomic E-state index is 0.0517. The molecule has 2 spiro atoms. The predicted molar refractivity (Wildman–Crippen MR) is 435 cm³/mol. The van der Waals surface area contributed by atoms with Gasteiger partial charge in [0.15, 0.2) is 0 Å². The van der Waals surface area contributed by atoms with E-state index in [1.165, 1.54) is 217 Å². The van der Waals surface area contributed by atoms with Gasteiger partial charge in [0.25, 0.3) is 0 Å². The molecule has 2 nitrogen and oxygen atoms in total. The molecule has 0 aliphatic heterocycles. The molecule has 11 aromatic rings. The van der Waals surface area contributed by atoms with Gasteiger partial charge in [-0.05, 0) is 298 Å². The van der Waals surface area contributed by atoms with Crippen LogP contribution in [0.4, 0.5) is 34.1 Å². The van der Waals surface area contributed by atoms with Crippen molar-refractivity contribution < 1.29 is 0 Å². The second kappa shape index (κ2) is 23.2. The minimum atomic E-state index is -0.148. The average molecular weight is 1350 g/mol. The van der Waals surface area contributed by atoms with E-state index in [-0.39, 0.29) is 21.7 Å². The Morgan fingerprint density at radius 3 is 1.65 bits per heavy atom. The molecule has 0 saturated heterocycles. The van der Waals surface area contributed by atoms with Crippen LogP contribution in [0.2, 0.25) is 0 Å². The van der Waals surface area contributed by atoms with E-state index in [4.69, 9.17) is 0 Å². The summed E-state index contributed by atoms with van der Waals surface area (Å²) in [5, 5.41) is 0. The molecule has 6 fully saturated rings. The van der Waals surface area contributed by atoms with Crippen molar-refractivity contribution in [3.63, 3.8) is 0 Å². The Kier molecular flexibility index (Phi) is 14.1. The van der Waals surface area contributed by atoms with E-state index in [1.54, 1.807) is 22.3 Å². The van der Waals surface area contributed by atoms with Gasteiger partial charge in [0.1, 0.15) is 0 Å². The molecule has 514 valence electrons. The lowest BCUT2D eigenvalue weighted by Crippen LogP contribution is -2.55. The number of aryl methyl sites for hydroxylation is 2. The maximum absolute atomic E-state index is 2.75. The molecular weight excluding hydrogens is 1250 g/mol. The fourth-order valence-electron chi connectivity index (χ4n) is 24.6. The summed E-state index contributed by atoms with van der Waals surface area (Å²) in [6.45, 7) is 16.8. The number of anilines is 6. The number of fused-ring (bicyclic) bond motifs is 13. The molecule has 11 aromatic carbocycles. The summed E-state index contributed by atoms with van der Waals surface area (Å²) in [4.78, 5) is 5.41. The smallest absolute Gasteiger partial charge is 0.0569 e. The first-order valence-electron chi connectivity index (χ1n) is 40.0. The van der Waals surface area contributed by atoms with Crippen LogP contribution in [-0.4, -0.2) is 0 Å². The number of allylic oxidation sites excluding steroid dienone is 4. The molecule has 11 aliphatic carbocycles. The van der Waals surface area contributed by atoms with Crippen molar-refractivity contribution in [2.75, 3.05) is 9.80 Å². The third kappa shape index (κ3) is 9.11. The second-order valence-corrected chi connectivity index (χ2v) is 35.2. The molecule has 0 amide bonds. The van der Waals surface area contributed by atoms with Gasteiger partial charge in [-0.2, -0.15) is 0 Å². The largest absolute Gasteiger partial charge is 0.310 e. The molecule has 0 radical (unpaired) electrons. The van der Waals surface area contributed by atoms with Gasteiger partial charge in [-0.25, -0.2) is 0 Å². The van der Waals surface area contributed by atoms with E-state index >= 15 is 0 Å². The van der Waals surface area contributed by atoms with Gasteiger partial charge in [-0.15, -0.1) is 0 Å². The van der Waals surface area contributed by atoms with Crippen molar-refractivity contribution in [1.29, 1.82) is 0 Å². The summed E-state index contributed by atoms with van der Waals surface area (Å²) in [5.74, 6) is 5.32. The van der Waals surface area contributed by atoms with Crippen molar-refractivity contribution in [2.24, 2.45) is 41.4 Å². The van der Waals surface area contributed by atoms with E-state index in [1.807, 2.05) is 0 Å². The molecule has 0 aromatic heterocycles. The first kappa shape index (κ1) is 63.0. The van der Waals surface area contributed by atoms with Gasteiger partial charge < -0.3 is 9.80 Å². The summed E-state index contributed by atoms with van der Waals surface area (Å²) in [6, 6.07) is 94.4. The summed E-state index contributed by atoms with van der Waals surface area (Å²) in [7, 11) is 0. The maximum Gasteiger partial charge on any atom is 0.0569 e. The van der Waals surface area contributed by atoms with Crippen molar-refractivity contribution in [3.05, 3.63) is 316 Å². The first-order valence-corrected chi connectivity index (χ1v) is 40.0. The lowest BCUT2D eigenvalue weighted by atomic mass is 9.43. The molecule has 0 N–H and O–H groups in total. The molecule has 104 heavy (non-hydrogen) atoms. The van der Waals surface area contributed by atoms with Crippen LogP contribution in [0.3, 0.4) is 0 Å². The third-order valence-corrected chi connectivity index (χ3v) is 29.2. The number of hydrogen-bond acceptors (Lipinski definition) is 2. The lowest BCUT2D eigenvalue weighted by Gasteiger charge is -2.61. The standard InChI is InChI=1S/C102H96N2/c1-62-34-36-68(37-35-62)80-29-17-21-64(3)98(80)104(77-42-47-87-93(58-77)100(6,7)91-33-18-20-63(2)97(87)91)78-41-45-85-82-27-12-15-31-89(82)101(94(85)59-78)49-48-72(61-101)70-25-19-24-69(55-70)71-38-43-79(67-22-9-8-10-23-67)96(56-71)103(75-39-44-84-81-26-11-14-30-88(81)99(4,5)92(84)57-75)76-40-46-86-83-28-13-16-32-90(83)102(95(86)60-76)73-51-65-50-66(53-73)54-74(102)52-65/h8-18,21-23,26-47,56-60,63,65-66,69-70,72-74H,19-20,24-25,48-55,61H2,1-7H3/t63?,65?,66?,69?,70?,72-,73?,74?,101?,102?/m1/s1. The second-order valence-electron chi connectivity index (χ2n) is 35.2. The van der Waals surface area contributed by atoms with E-state index in [9.17, 15) is 0 Å². The highest BCUT2D eigenvalue weighted by Gasteiger charge is 2.62. The minimum Gasteiger partial charge on any atom is -0.310 e. The topological polar surface area (TPSA) is 6.48 Å². The number of nitrogens with zero attached hydrogens (tertiary/aromatic N) is 2. The monoisotopic (exact) mass is 1350 g/mol.